The highest BCUT2D eigenvalue weighted by Gasteiger charge is 2.21. The summed E-state index contributed by atoms with van der Waals surface area (Å²) in [6.45, 7) is 1.99. The first-order valence-corrected chi connectivity index (χ1v) is 7.88. The second-order valence-electron chi connectivity index (χ2n) is 5.80. The Labute approximate surface area is 140 Å². The molecule has 0 fully saturated rings. The number of hydrogen-bond donors (Lipinski definition) is 0. The predicted molar refractivity (Wildman–Crippen MR) is 95.2 cm³/mol. The molecular formula is C21H16N2O. The van der Waals surface area contributed by atoms with Gasteiger partial charge in [-0.2, -0.15) is 0 Å². The molecule has 0 aliphatic carbocycles. The molecule has 3 nitrogen and oxygen atoms in total. The summed E-state index contributed by atoms with van der Waals surface area (Å²) < 4.78 is 1.87. The largest absolute Gasteiger partial charge is 0.296 e. The fourth-order valence-electron chi connectivity index (χ4n) is 2.93. The molecule has 0 radical (unpaired) electrons. The van der Waals surface area contributed by atoms with Crippen LogP contribution in [0.5, 0.6) is 0 Å². The molecule has 0 saturated heterocycles. The Morgan fingerprint density at radius 1 is 0.917 bits per heavy atom. The third kappa shape index (κ3) is 2.40. The molecule has 3 heteroatoms. The van der Waals surface area contributed by atoms with Crippen molar-refractivity contribution in [3.8, 4) is 11.3 Å². The summed E-state index contributed by atoms with van der Waals surface area (Å²) in [4.78, 5) is 17.9. The first-order chi connectivity index (χ1) is 11.7. The molecule has 24 heavy (non-hydrogen) atoms. The van der Waals surface area contributed by atoms with Gasteiger partial charge in [0.15, 0.2) is 0 Å². The van der Waals surface area contributed by atoms with Crippen LogP contribution in [-0.2, 0) is 0 Å². The molecule has 0 spiro atoms. The lowest BCUT2D eigenvalue weighted by Gasteiger charge is -2.06. The van der Waals surface area contributed by atoms with Gasteiger partial charge in [0.2, 0.25) is 5.78 Å². The van der Waals surface area contributed by atoms with E-state index in [0.29, 0.717) is 17.0 Å². The van der Waals surface area contributed by atoms with Gasteiger partial charge in [0.05, 0.1) is 0 Å². The smallest absolute Gasteiger partial charge is 0.212 e. The third-order valence-corrected chi connectivity index (χ3v) is 4.07. The van der Waals surface area contributed by atoms with E-state index in [1.807, 2.05) is 90.3 Å². The molecule has 0 unspecified atom stereocenters. The van der Waals surface area contributed by atoms with Crippen LogP contribution in [0.15, 0.2) is 79.0 Å². The predicted octanol–water partition coefficient (Wildman–Crippen LogP) is 4.54. The van der Waals surface area contributed by atoms with E-state index in [4.69, 9.17) is 4.98 Å². The maximum atomic E-state index is 13.2. The number of rotatable bonds is 3. The molecule has 0 bridgehead atoms. The van der Waals surface area contributed by atoms with E-state index in [1.54, 1.807) is 0 Å². The minimum Gasteiger partial charge on any atom is -0.296 e. The maximum absolute atomic E-state index is 13.2. The van der Waals surface area contributed by atoms with Crippen molar-refractivity contribution in [1.29, 1.82) is 0 Å². The van der Waals surface area contributed by atoms with Crippen molar-refractivity contribution in [2.45, 2.75) is 6.92 Å². The number of aryl methyl sites for hydroxylation is 1. The zero-order valence-electron chi connectivity index (χ0n) is 13.3. The van der Waals surface area contributed by atoms with Crippen LogP contribution >= 0.6 is 0 Å². The molecular weight excluding hydrogens is 296 g/mol. The van der Waals surface area contributed by atoms with E-state index in [2.05, 4.69) is 0 Å². The van der Waals surface area contributed by atoms with Crippen LogP contribution in [-0.4, -0.2) is 15.2 Å². The van der Waals surface area contributed by atoms with Gasteiger partial charge >= 0.3 is 0 Å². The lowest BCUT2D eigenvalue weighted by Crippen LogP contribution is -2.07. The number of nitrogens with zero attached hydrogens (tertiary/aromatic N) is 2. The van der Waals surface area contributed by atoms with Crippen molar-refractivity contribution in [2.24, 2.45) is 0 Å². The lowest BCUT2D eigenvalue weighted by atomic mass is 10.0. The Balaban J connectivity index is 1.98. The average molecular weight is 312 g/mol. The molecule has 2 aromatic heterocycles. The normalized spacial score (nSPS) is 10.9. The monoisotopic (exact) mass is 312 g/mol. The first kappa shape index (κ1) is 14.4. The molecule has 0 aliphatic rings. The molecule has 4 aromatic rings. The van der Waals surface area contributed by atoms with Gasteiger partial charge in [-0.3, -0.25) is 9.20 Å². The lowest BCUT2D eigenvalue weighted by molar-refractivity contribution is 0.103. The number of hydrogen-bond acceptors (Lipinski definition) is 2. The number of pyridine rings is 1. The van der Waals surface area contributed by atoms with Gasteiger partial charge < -0.3 is 0 Å². The van der Waals surface area contributed by atoms with E-state index < -0.39 is 0 Å². The Hall–Kier alpha value is -3.20. The van der Waals surface area contributed by atoms with Crippen molar-refractivity contribution < 1.29 is 4.79 Å². The maximum Gasteiger partial charge on any atom is 0.212 e. The first-order valence-electron chi connectivity index (χ1n) is 7.88. The van der Waals surface area contributed by atoms with Crippen molar-refractivity contribution in [3.05, 3.63) is 95.8 Å². The van der Waals surface area contributed by atoms with Crippen LogP contribution < -0.4 is 0 Å². The topological polar surface area (TPSA) is 34.4 Å². The highest BCUT2D eigenvalue weighted by Crippen LogP contribution is 2.26. The summed E-state index contributed by atoms with van der Waals surface area (Å²) in [6, 6.07) is 23.3. The summed E-state index contributed by atoms with van der Waals surface area (Å²) in [5, 5.41) is 0. The van der Waals surface area contributed by atoms with E-state index >= 15 is 0 Å². The van der Waals surface area contributed by atoms with Gasteiger partial charge in [0, 0.05) is 17.3 Å². The van der Waals surface area contributed by atoms with Crippen molar-refractivity contribution in [3.63, 3.8) is 0 Å². The Morgan fingerprint density at radius 2 is 1.71 bits per heavy atom. The Bertz CT molecular complexity index is 1030. The fourth-order valence-corrected chi connectivity index (χ4v) is 2.93. The number of fused-ring (bicyclic) bond motifs is 1. The molecule has 0 saturated carbocycles. The second kappa shape index (κ2) is 5.78. The van der Waals surface area contributed by atoms with E-state index in [0.717, 1.165) is 16.8 Å². The van der Waals surface area contributed by atoms with E-state index in [9.17, 15) is 4.79 Å². The fraction of sp³-hybridized carbons (Fsp3) is 0.0476. The second-order valence-corrected chi connectivity index (χ2v) is 5.80. The Kier molecular flexibility index (Phi) is 3.47. The van der Waals surface area contributed by atoms with Gasteiger partial charge in [-0.15, -0.1) is 0 Å². The molecule has 116 valence electrons. The molecule has 0 amide bonds. The molecule has 2 heterocycles. The third-order valence-electron chi connectivity index (χ3n) is 4.07. The van der Waals surface area contributed by atoms with Crippen LogP contribution in [0.3, 0.4) is 0 Å². The van der Waals surface area contributed by atoms with Crippen LogP contribution in [0.1, 0.15) is 21.6 Å². The van der Waals surface area contributed by atoms with Crippen molar-refractivity contribution in [1.82, 2.24) is 9.38 Å². The summed E-state index contributed by atoms with van der Waals surface area (Å²) in [6.07, 6.45) is 1.89. The number of benzene rings is 2. The zero-order chi connectivity index (χ0) is 16.5. The van der Waals surface area contributed by atoms with Crippen molar-refractivity contribution >= 4 is 11.4 Å². The quantitative estimate of drug-likeness (QED) is 0.520. The number of aromatic nitrogens is 2. The SMILES string of the molecule is Cc1cccc(C(=O)c2c(-c3ccccc3)nc3ccccn23)c1. The van der Waals surface area contributed by atoms with Gasteiger partial charge in [0.1, 0.15) is 17.0 Å². The molecule has 4 rings (SSSR count). The number of ketones is 1. The molecule has 0 N–H and O–H groups in total. The highest BCUT2D eigenvalue weighted by molar-refractivity contribution is 6.12. The zero-order valence-corrected chi connectivity index (χ0v) is 13.3. The summed E-state index contributed by atoms with van der Waals surface area (Å²) in [5.74, 6) is -0.0174. The average Bonchev–Trinajstić information content (AvgIpc) is 3.01. The van der Waals surface area contributed by atoms with Crippen LogP contribution in [0.4, 0.5) is 0 Å². The van der Waals surface area contributed by atoms with Gasteiger partial charge in [-0.05, 0) is 25.1 Å². The summed E-state index contributed by atoms with van der Waals surface area (Å²) >= 11 is 0. The van der Waals surface area contributed by atoms with E-state index in [-0.39, 0.29) is 5.78 Å². The number of carbonyl (C=O) groups is 1. The van der Waals surface area contributed by atoms with Crippen LogP contribution in [0, 0.1) is 6.92 Å². The van der Waals surface area contributed by atoms with Crippen molar-refractivity contribution in [2.75, 3.05) is 0 Å². The van der Waals surface area contributed by atoms with Gasteiger partial charge in [0.25, 0.3) is 0 Å². The van der Waals surface area contributed by atoms with Gasteiger partial charge in [-0.25, -0.2) is 4.98 Å². The highest BCUT2D eigenvalue weighted by atomic mass is 16.1. The minimum absolute atomic E-state index is 0.0174. The number of imidazole rings is 1. The Morgan fingerprint density at radius 3 is 2.50 bits per heavy atom. The molecule has 0 atom stereocenters. The molecule has 2 aromatic carbocycles. The number of carbonyl (C=O) groups excluding carboxylic acids is 1. The summed E-state index contributed by atoms with van der Waals surface area (Å²) in [7, 11) is 0. The summed E-state index contributed by atoms with van der Waals surface area (Å²) in [5.41, 5.74) is 4.77. The van der Waals surface area contributed by atoms with E-state index in [1.165, 1.54) is 0 Å². The van der Waals surface area contributed by atoms with Crippen LogP contribution in [0.25, 0.3) is 16.9 Å². The molecule has 0 aliphatic heterocycles. The van der Waals surface area contributed by atoms with Gasteiger partial charge in [-0.1, -0.05) is 60.2 Å². The minimum atomic E-state index is -0.0174. The van der Waals surface area contributed by atoms with Crippen LogP contribution in [0.2, 0.25) is 0 Å². The standard InChI is InChI=1S/C21H16N2O/c1-15-8-7-11-17(14-15)21(24)20-19(16-9-3-2-4-10-16)22-18-12-5-6-13-23(18)20/h2-14H,1H3.